The van der Waals surface area contributed by atoms with Gasteiger partial charge in [-0.05, 0) is 35.9 Å². The average molecular weight is 448 g/mol. The van der Waals surface area contributed by atoms with Gasteiger partial charge in [0.25, 0.3) is 11.8 Å². The Morgan fingerprint density at radius 2 is 1.74 bits per heavy atom. The van der Waals surface area contributed by atoms with Crippen molar-refractivity contribution in [3.63, 3.8) is 0 Å². The van der Waals surface area contributed by atoms with Crippen molar-refractivity contribution >= 4 is 35.1 Å². The molecule has 0 unspecified atom stereocenters. The number of hydrogen-bond acceptors (Lipinski definition) is 4. The Hall–Kier alpha value is -3.79. The molecular formula is C20H16ClF2N5O3. The number of anilines is 1. The van der Waals surface area contributed by atoms with Crippen LogP contribution < -0.4 is 16.2 Å². The lowest BCUT2D eigenvalue weighted by Crippen LogP contribution is -2.40. The molecule has 0 fully saturated rings. The molecule has 3 rings (SSSR count). The van der Waals surface area contributed by atoms with Gasteiger partial charge in [-0.1, -0.05) is 17.7 Å². The predicted octanol–water partition coefficient (Wildman–Crippen LogP) is 2.90. The van der Waals surface area contributed by atoms with E-state index in [1.54, 1.807) is 0 Å². The van der Waals surface area contributed by atoms with Crippen LogP contribution >= 0.6 is 11.6 Å². The molecule has 1 aromatic heterocycles. The van der Waals surface area contributed by atoms with Crippen LogP contribution in [0.3, 0.4) is 0 Å². The monoisotopic (exact) mass is 447 g/mol. The van der Waals surface area contributed by atoms with Crippen LogP contribution in [0.15, 0.2) is 48.7 Å². The normalized spacial score (nSPS) is 10.5. The van der Waals surface area contributed by atoms with E-state index >= 15 is 0 Å². The molecule has 31 heavy (non-hydrogen) atoms. The summed E-state index contributed by atoms with van der Waals surface area (Å²) in [6.45, 7) is 1.40. The standard InChI is InChI=1S/C20H16ClF2N5O3/c1-11(29)25-26-19(30)12-5-6-14(21)13(9-12)10-28-8-7-17(27-28)24-20(31)18-15(22)3-2-4-16(18)23/h2-9H,10H2,1H3,(H,25,29)(H,26,30)(H,24,27,31). The van der Waals surface area contributed by atoms with Crippen LogP contribution in [0.25, 0.3) is 0 Å². The van der Waals surface area contributed by atoms with Gasteiger partial charge in [0.15, 0.2) is 5.82 Å². The molecule has 0 saturated carbocycles. The van der Waals surface area contributed by atoms with E-state index in [9.17, 15) is 23.2 Å². The summed E-state index contributed by atoms with van der Waals surface area (Å²) in [4.78, 5) is 35.2. The largest absolute Gasteiger partial charge is 0.305 e. The zero-order valence-electron chi connectivity index (χ0n) is 16.1. The van der Waals surface area contributed by atoms with Crippen molar-refractivity contribution in [3.8, 4) is 0 Å². The highest BCUT2D eigenvalue weighted by atomic mass is 35.5. The first-order valence-electron chi connectivity index (χ1n) is 8.88. The molecule has 2 aromatic carbocycles. The zero-order valence-corrected chi connectivity index (χ0v) is 16.8. The lowest BCUT2D eigenvalue weighted by molar-refractivity contribution is -0.119. The maximum atomic E-state index is 13.7. The molecule has 3 aromatic rings. The zero-order chi connectivity index (χ0) is 22.5. The predicted molar refractivity (Wildman–Crippen MR) is 108 cm³/mol. The molecular weight excluding hydrogens is 432 g/mol. The number of carbonyl (C=O) groups is 3. The van der Waals surface area contributed by atoms with E-state index < -0.39 is 34.9 Å². The molecule has 0 saturated heterocycles. The second-order valence-corrected chi connectivity index (χ2v) is 6.80. The van der Waals surface area contributed by atoms with Crippen molar-refractivity contribution < 1.29 is 23.2 Å². The SMILES string of the molecule is CC(=O)NNC(=O)c1ccc(Cl)c(Cn2ccc(NC(=O)c3c(F)cccc3F)n2)c1. The second-order valence-electron chi connectivity index (χ2n) is 6.39. The lowest BCUT2D eigenvalue weighted by atomic mass is 10.1. The summed E-state index contributed by atoms with van der Waals surface area (Å²) in [5, 5.41) is 6.82. The third-order valence-electron chi connectivity index (χ3n) is 4.06. The first-order chi connectivity index (χ1) is 14.7. The fraction of sp³-hybridized carbons (Fsp3) is 0.100. The van der Waals surface area contributed by atoms with Gasteiger partial charge in [0, 0.05) is 29.8 Å². The topological polar surface area (TPSA) is 105 Å². The number of carbonyl (C=O) groups excluding carboxylic acids is 3. The van der Waals surface area contributed by atoms with E-state index in [4.69, 9.17) is 11.6 Å². The number of hydrazine groups is 1. The maximum Gasteiger partial charge on any atom is 0.269 e. The summed E-state index contributed by atoms with van der Waals surface area (Å²) in [6, 6.07) is 9.09. The van der Waals surface area contributed by atoms with Gasteiger partial charge in [-0.15, -0.1) is 0 Å². The maximum absolute atomic E-state index is 13.7. The molecule has 0 aliphatic heterocycles. The minimum absolute atomic E-state index is 0.0725. The fourth-order valence-corrected chi connectivity index (χ4v) is 2.82. The van der Waals surface area contributed by atoms with Crippen LogP contribution in [0.5, 0.6) is 0 Å². The average Bonchev–Trinajstić information content (AvgIpc) is 3.14. The van der Waals surface area contributed by atoms with Crippen molar-refractivity contribution in [2.45, 2.75) is 13.5 Å². The second kappa shape index (κ2) is 9.35. The van der Waals surface area contributed by atoms with E-state index in [-0.39, 0.29) is 17.9 Å². The molecule has 0 aliphatic rings. The lowest BCUT2D eigenvalue weighted by Gasteiger charge is -2.09. The molecule has 0 spiro atoms. The van der Waals surface area contributed by atoms with Gasteiger partial charge in [-0.2, -0.15) is 5.10 Å². The number of rotatable bonds is 5. The van der Waals surface area contributed by atoms with Gasteiger partial charge in [-0.3, -0.25) is 29.9 Å². The number of benzene rings is 2. The van der Waals surface area contributed by atoms with Gasteiger partial charge in [-0.25, -0.2) is 8.78 Å². The number of nitrogens with zero attached hydrogens (tertiary/aromatic N) is 2. The van der Waals surface area contributed by atoms with E-state index in [2.05, 4.69) is 21.3 Å². The van der Waals surface area contributed by atoms with Gasteiger partial charge in [0.2, 0.25) is 5.91 Å². The molecule has 0 bridgehead atoms. The molecule has 0 atom stereocenters. The highest BCUT2D eigenvalue weighted by Gasteiger charge is 2.18. The first kappa shape index (κ1) is 21.9. The van der Waals surface area contributed by atoms with Crippen molar-refractivity contribution in [3.05, 3.63) is 82.0 Å². The van der Waals surface area contributed by atoms with E-state index in [1.165, 1.54) is 42.1 Å². The quantitative estimate of drug-likeness (QED) is 0.523. The number of aromatic nitrogens is 2. The Kier molecular flexibility index (Phi) is 6.61. The van der Waals surface area contributed by atoms with Gasteiger partial charge in [0.1, 0.15) is 17.2 Å². The van der Waals surface area contributed by atoms with Crippen LogP contribution in [0, 0.1) is 11.6 Å². The molecule has 0 radical (unpaired) electrons. The van der Waals surface area contributed by atoms with E-state index in [1.807, 2.05) is 0 Å². The summed E-state index contributed by atoms with van der Waals surface area (Å²) in [5.74, 6) is -3.84. The summed E-state index contributed by atoms with van der Waals surface area (Å²) in [6.07, 6.45) is 1.52. The molecule has 160 valence electrons. The molecule has 0 aliphatic carbocycles. The Morgan fingerprint density at radius 1 is 1.03 bits per heavy atom. The fourth-order valence-electron chi connectivity index (χ4n) is 2.64. The summed E-state index contributed by atoms with van der Waals surface area (Å²) in [5.41, 5.74) is 4.52. The first-order valence-corrected chi connectivity index (χ1v) is 9.26. The minimum Gasteiger partial charge on any atom is -0.305 e. The third kappa shape index (κ3) is 5.43. The van der Waals surface area contributed by atoms with Crippen molar-refractivity contribution in [2.75, 3.05) is 5.32 Å². The van der Waals surface area contributed by atoms with Crippen molar-refractivity contribution in [1.82, 2.24) is 20.6 Å². The highest BCUT2D eigenvalue weighted by Crippen LogP contribution is 2.20. The van der Waals surface area contributed by atoms with Crippen LogP contribution in [0.1, 0.15) is 33.2 Å². The van der Waals surface area contributed by atoms with Crippen LogP contribution in [-0.4, -0.2) is 27.5 Å². The molecule has 3 amide bonds. The van der Waals surface area contributed by atoms with E-state index in [0.717, 1.165) is 18.2 Å². The van der Waals surface area contributed by atoms with E-state index in [0.29, 0.717) is 10.6 Å². The van der Waals surface area contributed by atoms with Crippen LogP contribution in [0.4, 0.5) is 14.6 Å². The number of halogens is 3. The van der Waals surface area contributed by atoms with Crippen molar-refractivity contribution in [1.29, 1.82) is 0 Å². The third-order valence-corrected chi connectivity index (χ3v) is 4.43. The minimum atomic E-state index is -0.988. The Bertz CT molecular complexity index is 1150. The van der Waals surface area contributed by atoms with Gasteiger partial charge in [0.05, 0.1) is 6.54 Å². The molecule has 3 N–H and O–H groups in total. The number of hydrogen-bond donors (Lipinski definition) is 3. The van der Waals surface area contributed by atoms with Gasteiger partial charge < -0.3 is 5.32 Å². The van der Waals surface area contributed by atoms with Crippen molar-refractivity contribution in [2.24, 2.45) is 0 Å². The highest BCUT2D eigenvalue weighted by molar-refractivity contribution is 6.31. The summed E-state index contributed by atoms with van der Waals surface area (Å²) in [7, 11) is 0. The summed E-state index contributed by atoms with van der Waals surface area (Å²) >= 11 is 6.19. The summed E-state index contributed by atoms with van der Waals surface area (Å²) < 4.78 is 28.9. The van der Waals surface area contributed by atoms with Gasteiger partial charge >= 0.3 is 0 Å². The Labute approximate surface area is 180 Å². The number of amides is 3. The van der Waals surface area contributed by atoms with Crippen LogP contribution in [0.2, 0.25) is 5.02 Å². The molecule has 11 heteroatoms. The Morgan fingerprint density at radius 3 is 2.42 bits per heavy atom. The molecule has 1 heterocycles. The Balaban J connectivity index is 1.72. The number of nitrogens with one attached hydrogen (secondary N) is 3. The smallest absolute Gasteiger partial charge is 0.269 e. The molecule has 8 nitrogen and oxygen atoms in total. The van der Waals surface area contributed by atoms with Crippen LogP contribution in [-0.2, 0) is 11.3 Å².